The third-order valence-electron chi connectivity index (χ3n) is 3.25. The van der Waals surface area contributed by atoms with E-state index in [0.717, 1.165) is 16.9 Å². The van der Waals surface area contributed by atoms with Gasteiger partial charge in [0.25, 0.3) is 5.56 Å². The van der Waals surface area contributed by atoms with Gasteiger partial charge in [0.15, 0.2) is 0 Å². The Balaban J connectivity index is 2.44. The highest BCUT2D eigenvalue weighted by Gasteiger charge is 2.13. The maximum atomic E-state index is 11.9. The highest BCUT2D eigenvalue weighted by atomic mass is 16.5. The fourth-order valence-corrected chi connectivity index (χ4v) is 2.15. The zero-order valence-electron chi connectivity index (χ0n) is 12.4. The molecule has 2 rings (SSSR count). The monoisotopic (exact) mass is 287 g/mol. The number of anilines is 2. The average molecular weight is 287 g/mol. The Labute approximate surface area is 122 Å². The van der Waals surface area contributed by atoms with Gasteiger partial charge in [-0.1, -0.05) is 0 Å². The minimum absolute atomic E-state index is 0.264. The van der Waals surface area contributed by atoms with E-state index >= 15 is 0 Å². The zero-order valence-corrected chi connectivity index (χ0v) is 12.4. The first-order valence-corrected chi connectivity index (χ1v) is 6.43. The number of nitrogens with one attached hydrogen (secondary N) is 1. The van der Waals surface area contributed by atoms with Crippen LogP contribution in [-0.4, -0.2) is 30.3 Å². The molecule has 0 atom stereocenters. The van der Waals surface area contributed by atoms with Crippen LogP contribution in [0.3, 0.4) is 0 Å². The van der Waals surface area contributed by atoms with Crippen molar-refractivity contribution in [3.63, 3.8) is 0 Å². The number of rotatable bonds is 3. The molecule has 1 aromatic carbocycles. The van der Waals surface area contributed by atoms with E-state index in [1.165, 1.54) is 7.11 Å². The molecule has 0 aliphatic heterocycles. The van der Waals surface area contributed by atoms with E-state index in [-0.39, 0.29) is 11.5 Å². The minimum atomic E-state index is -0.384. The number of ether oxygens (including phenoxy) is 1. The lowest BCUT2D eigenvalue weighted by Crippen LogP contribution is -2.22. The third kappa shape index (κ3) is 2.94. The van der Waals surface area contributed by atoms with Crippen LogP contribution in [0, 0.1) is 13.8 Å². The van der Waals surface area contributed by atoms with Crippen molar-refractivity contribution in [2.24, 2.45) is 0 Å². The van der Waals surface area contributed by atoms with E-state index in [9.17, 15) is 9.59 Å². The summed E-state index contributed by atoms with van der Waals surface area (Å²) < 4.78 is 4.70. The number of nitrogens with zero attached hydrogens (tertiary/aromatic N) is 2. The molecule has 0 bridgehead atoms. The molecule has 0 aliphatic rings. The van der Waals surface area contributed by atoms with Crippen LogP contribution in [0.2, 0.25) is 0 Å². The van der Waals surface area contributed by atoms with Gasteiger partial charge in [-0.3, -0.25) is 4.79 Å². The second-order valence-electron chi connectivity index (χ2n) is 4.78. The van der Waals surface area contributed by atoms with Gasteiger partial charge in [0.2, 0.25) is 0 Å². The van der Waals surface area contributed by atoms with Crippen LogP contribution in [0.15, 0.2) is 29.1 Å². The largest absolute Gasteiger partial charge is 0.465 e. The van der Waals surface area contributed by atoms with Crippen LogP contribution in [-0.2, 0) is 4.74 Å². The van der Waals surface area contributed by atoms with Gasteiger partial charge in [0.1, 0.15) is 5.69 Å². The number of carbonyl (C=O) groups is 1. The van der Waals surface area contributed by atoms with Crippen molar-refractivity contribution in [3.8, 4) is 0 Å². The lowest BCUT2D eigenvalue weighted by molar-refractivity contribution is 0.0600. The van der Waals surface area contributed by atoms with Crippen molar-refractivity contribution in [2.75, 3.05) is 19.1 Å². The number of benzene rings is 1. The molecule has 110 valence electrons. The summed E-state index contributed by atoms with van der Waals surface area (Å²) in [6, 6.07) is 6.91. The Morgan fingerprint density at radius 1 is 1.24 bits per heavy atom. The number of methoxy groups -OCH3 is 1. The number of aromatic amines is 1. The quantitative estimate of drug-likeness (QED) is 0.873. The van der Waals surface area contributed by atoms with Crippen molar-refractivity contribution in [1.82, 2.24) is 10.2 Å². The third-order valence-corrected chi connectivity index (χ3v) is 3.25. The molecule has 1 aromatic heterocycles. The smallest absolute Gasteiger partial charge is 0.337 e. The number of aryl methyl sites for hydroxylation is 2. The fourth-order valence-electron chi connectivity index (χ4n) is 2.15. The van der Waals surface area contributed by atoms with Crippen LogP contribution in [0.4, 0.5) is 11.4 Å². The molecular formula is C15H17N3O3. The van der Waals surface area contributed by atoms with E-state index in [2.05, 4.69) is 10.2 Å². The molecule has 6 nitrogen and oxygen atoms in total. The number of esters is 1. The predicted octanol–water partition coefficient (Wildman–Crippen LogP) is 1.94. The van der Waals surface area contributed by atoms with E-state index in [1.54, 1.807) is 43.1 Å². The molecule has 1 heterocycles. The number of hydrogen-bond acceptors (Lipinski definition) is 5. The fraction of sp³-hybridized carbons (Fsp3) is 0.267. The van der Waals surface area contributed by atoms with E-state index < -0.39 is 0 Å². The molecular weight excluding hydrogens is 270 g/mol. The highest BCUT2D eigenvalue weighted by Crippen LogP contribution is 2.25. The summed E-state index contributed by atoms with van der Waals surface area (Å²) in [7, 11) is 3.14. The molecule has 0 fully saturated rings. The Morgan fingerprint density at radius 3 is 2.57 bits per heavy atom. The highest BCUT2D eigenvalue weighted by molar-refractivity contribution is 5.90. The van der Waals surface area contributed by atoms with E-state index in [0.29, 0.717) is 11.3 Å². The summed E-state index contributed by atoms with van der Waals surface area (Å²) in [5, 5.41) is 6.32. The van der Waals surface area contributed by atoms with Crippen molar-refractivity contribution < 1.29 is 9.53 Å². The van der Waals surface area contributed by atoms with Gasteiger partial charge in [-0.2, -0.15) is 5.10 Å². The van der Waals surface area contributed by atoms with Crippen LogP contribution in [0.5, 0.6) is 0 Å². The van der Waals surface area contributed by atoms with Gasteiger partial charge in [0.05, 0.1) is 18.4 Å². The minimum Gasteiger partial charge on any atom is -0.465 e. The Kier molecular flexibility index (Phi) is 4.07. The van der Waals surface area contributed by atoms with E-state index in [4.69, 9.17) is 4.74 Å². The number of carbonyl (C=O) groups excluding carboxylic acids is 1. The SMILES string of the molecule is COC(=O)c1ccc(N(C)c2cc(C)n[nH]c2=O)c(C)c1. The summed E-state index contributed by atoms with van der Waals surface area (Å²) >= 11 is 0. The second kappa shape index (κ2) is 5.78. The average Bonchev–Trinajstić information content (AvgIpc) is 2.48. The first-order chi connectivity index (χ1) is 9.93. The predicted molar refractivity (Wildman–Crippen MR) is 80.2 cm³/mol. The number of hydrogen-bond donors (Lipinski definition) is 1. The summed E-state index contributed by atoms with van der Waals surface area (Å²) in [5.41, 5.74) is 3.14. The lowest BCUT2D eigenvalue weighted by atomic mass is 10.1. The topological polar surface area (TPSA) is 75.3 Å². The van der Waals surface area contributed by atoms with Gasteiger partial charge < -0.3 is 9.64 Å². The maximum Gasteiger partial charge on any atom is 0.337 e. The van der Waals surface area contributed by atoms with Crippen LogP contribution in [0.1, 0.15) is 21.6 Å². The van der Waals surface area contributed by atoms with Crippen LogP contribution >= 0.6 is 0 Å². The van der Waals surface area contributed by atoms with Gasteiger partial charge in [-0.05, 0) is 43.7 Å². The van der Waals surface area contributed by atoms with Crippen LogP contribution in [0.25, 0.3) is 0 Å². The normalized spacial score (nSPS) is 10.3. The first-order valence-electron chi connectivity index (χ1n) is 6.43. The number of aromatic nitrogens is 2. The summed E-state index contributed by atoms with van der Waals surface area (Å²) in [6.45, 7) is 3.68. The van der Waals surface area contributed by atoms with Crippen molar-refractivity contribution in [2.45, 2.75) is 13.8 Å². The zero-order chi connectivity index (χ0) is 15.6. The maximum absolute atomic E-state index is 11.9. The standard InChI is InChI=1S/C15H17N3O3/c1-9-7-11(15(20)21-4)5-6-12(9)18(3)13-8-10(2)16-17-14(13)19/h5-8H,1-4H3,(H,17,19). The van der Waals surface area contributed by atoms with Crippen LogP contribution < -0.4 is 10.5 Å². The second-order valence-corrected chi connectivity index (χ2v) is 4.78. The van der Waals surface area contributed by atoms with Gasteiger partial charge in [-0.15, -0.1) is 0 Å². The molecule has 6 heteroatoms. The first kappa shape index (κ1) is 14.8. The molecule has 21 heavy (non-hydrogen) atoms. The molecule has 0 unspecified atom stereocenters. The van der Waals surface area contributed by atoms with Gasteiger partial charge >= 0.3 is 5.97 Å². The van der Waals surface area contributed by atoms with Crippen molar-refractivity contribution >= 4 is 17.3 Å². The Hall–Kier alpha value is -2.63. The summed E-state index contributed by atoms with van der Waals surface area (Å²) in [5.74, 6) is -0.384. The number of H-pyrrole nitrogens is 1. The summed E-state index contributed by atoms with van der Waals surface area (Å²) in [4.78, 5) is 25.2. The molecule has 1 N–H and O–H groups in total. The summed E-state index contributed by atoms with van der Waals surface area (Å²) in [6.07, 6.45) is 0. The van der Waals surface area contributed by atoms with E-state index in [1.807, 2.05) is 6.92 Å². The molecule has 0 radical (unpaired) electrons. The molecule has 0 aliphatic carbocycles. The van der Waals surface area contributed by atoms with Gasteiger partial charge in [-0.25, -0.2) is 9.89 Å². The lowest BCUT2D eigenvalue weighted by Gasteiger charge is -2.21. The Morgan fingerprint density at radius 2 is 1.95 bits per heavy atom. The van der Waals surface area contributed by atoms with Crippen molar-refractivity contribution in [1.29, 1.82) is 0 Å². The molecule has 0 saturated heterocycles. The molecule has 2 aromatic rings. The molecule has 0 spiro atoms. The van der Waals surface area contributed by atoms with Crippen molar-refractivity contribution in [3.05, 3.63) is 51.4 Å². The molecule has 0 amide bonds. The van der Waals surface area contributed by atoms with Gasteiger partial charge in [0, 0.05) is 12.7 Å². The Bertz CT molecular complexity index is 737. The molecule has 0 saturated carbocycles.